The van der Waals surface area contributed by atoms with Gasteiger partial charge in [-0.25, -0.2) is 4.98 Å². The number of aromatic amines is 1. The molecule has 1 aliphatic heterocycles. The molecule has 8 heteroatoms. The number of nitrogens with zero attached hydrogens (tertiary/aromatic N) is 3. The lowest BCUT2D eigenvalue weighted by molar-refractivity contribution is 0.0303. The van der Waals surface area contributed by atoms with Crippen LogP contribution in [0.3, 0.4) is 0 Å². The minimum atomic E-state index is -0.0836. The number of methoxy groups -OCH3 is 1. The first-order chi connectivity index (χ1) is 15.7. The van der Waals surface area contributed by atoms with Crippen molar-refractivity contribution in [1.29, 1.82) is 0 Å². The number of rotatable bonds is 4. The summed E-state index contributed by atoms with van der Waals surface area (Å²) in [6.45, 7) is 2.21. The standard InChI is InChI=1S/C24H23N5O3/c1-31-21-5-3-2-4-17(21)22-19-13-16(14-26-23(19)28-27-22)15-6-7-20(25)18(12-15)24(30)29-8-10-32-11-9-29/h2-7,12-14H,8-11,25H2,1H3,(H,26,27,28). The summed E-state index contributed by atoms with van der Waals surface area (Å²) in [5, 5.41) is 8.32. The van der Waals surface area contributed by atoms with Crippen LogP contribution in [-0.4, -0.2) is 59.4 Å². The Hall–Kier alpha value is -3.91. The van der Waals surface area contributed by atoms with E-state index in [4.69, 9.17) is 15.2 Å². The molecule has 2 aromatic heterocycles. The second-order valence-corrected chi connectivity index (χ2v) is 7.60. The van der Waals surface area contributed by atoms with Crippen molar-refractivity contribution in [1.82, 2.24) is 20.1 Å². The number of morpholine rings is 1. The van der Waals surface area contributed by atoms with E-state index in [1.165, 1.54) is 0 Å². The number of ether oxygens (including phenoxy) is 2. The zero-order chi connectivity index (χ0) is 22.1. The van der Waals surface area contributed by atoms with Gasteiger partial charge in [-0.3, -0.25) is 9.89 Å². The summed E-state index contributed by atoms with van der Waals surface area (Å²) < 4.78 is 10.9. The fraction of sp³-hybridized carbons (Fsp3) is 0.208. The minimum absolute atomic E-state index is 0.0836. The largest absolute Gasteiger partial charge is 0.496 e. The van der Waals surface area contributed by atoms with Crippen molar-refractivity contribution < 1.29 is 14.3 Å². The number of hydrogen-bond acceptors (Lipinski definition) is 6. The van der Waals surface area contributed by atoms with Gasteiger partial charge in [0.25, 0.3) is 5.91 Å². The highest BCUT2D eigenvalue weighted by atomic mass is 16.5. The average molecular weight is 429 g/mol. The number of nitrogens with one attached hydrogen (secondary N) is 1. The van der Waals surface area contributed by atoms with Crippen LogP contribution in [0.1, 0.15) is 10.4 Å². The SMILES string of the molecule is COc1ccccc1-c1n[nH]c2ncc(-c3ccc(N)c(C(=O)N4CCOCC4)c3)cc12. The van der Waals surface area contributed by atoms with Gasteiger partial charge in [0.05, 0.1) is 25.9 Å². The van der Waals surface area contributed by atoms with Gasteiger partial charge >= 0.3 is 0 Å². The number of pyridine rings is 1. The molecule has 1 fully saturated rings. The second-order valence-electron chi connectivity index (χ2n) is 7.60. The first-order valence-corrected chi connectivity index (χ1v) is 10.4. The van der Waals surface area contributed by atoms with Crippen LogP contribution in [0.25, 0.3) is 33.4 Å². The first-order valence-electron chi connectivity index (χ1n) is 10.4. The van der Waals surface area contributed by atoms with Gasteiger partial charge in [-0.1, -0.05) is 18.2 Å². The lowest BCUT2D eigenvalue weighted by Gasteiger charge is -2.27. The molecule has 5 rings (SSSR count). The molecule has 2 aromatic carbocycles. The van der Waals surface area contributed by atoms with E-state index in [-0.39, 0.29) is 5.91 Å². The molecule has 4 aromatic rings. The van der Waals surface area contributed by atoms with Gasteiger partial charge in [0.2, 0.25) is 0 Å². The van der Waals surface area contributed by atoms with Crippen molar-refractivity contribution in [2.75, 3.05) is 39.1 Å². The normalized spacial score (nSPS) is 14.0. The van der Waals surface area contributed by atoms with Gasteiger partial charge in [0.15, 0.2) is 5.65 Å². The third kappa shape index (κ3) is 3.54. The number of para-hydroxylation sites is 1. The Morgan fingerprint density at radius 3 is 2.75 bits per heavy atom. The minimum Gasteiger partial charge on any atom is -0.496 e. The van der Waals surface area contributed by atoms with E-state index in [1.54, 1.807) is 24.3 Å². The monoisotopic (exact) mass is 429 g/mol. The van der Waals surface area contributed by atoms with E-state index in [2.05, 4.69) is 15.2 Å². The first kappa shape index (κ1) is 20.0. The van der Waals surface area contributed by atoms with E-state index in [0.717, 1.165) is 33.5 Å². The summed E-state index contributed by atoms with van der Waals surface area (Å²) >= 11 is 0. The summed E-state index contributed by atoms with van der Waals surface area (Å²) in [6.07, 6.45) is 1.76. The van der Waals surface area contributed by atoms with Crippen LogP contribution in [0, 0.1) is 0 Å². The van der Waals surface area contributed by atoms with Crippen molar-refractivity contribution in [3.8, 4) is 28.1 Å². The number of carbonyl (C=O) groups excluding carboxylic acids is 1. The summed E-state index contributed by atoms with van der Waals surface area (Å²) in [5.74, 6) is 0.650. The lowest BCUT2D eigenvalue weighted by Crippen LogP contribution is -2.40. The highest BCUT2D eigenvalue weighted by Crippen LogP contribution is 2.34. The summed E-state index contributed by atoms with van der Waals surface area (Å²) in [5.41, 5.74) is 11.1. The van der Waals surface area contributed by atoms with E-state index in [1.807, 2.05) is 42.5 Å². The third-order valence-electron chi connectivity index (χ3n) is 5.69. The van der Waals surface area contributed by atoms with Crippen molar-refractivity contribution >= 4 is 22.6 Å². The Labute approximate surface area is 185 Å². The molecule has 8 nitrogen and oxygen atoms in total. The number of nitrogens with two attached hydrogens (primary N) is 1. The molecule has 1 amide bonds. The number of anilines is 1. The molecule has 0 radical (unpaired) electrons. The highest BCUT2D eigenvalue weighted by Gasteiger charge is 2.21. The van der Waals surface area contributed by atoms with Crippen LogP contribution in [0.4, 0.5) is 5.69 Å². The van der Waals surface area contributed by atoms with Gasteiger partial charge in [-0.2, -0.15) is 5.10 Å². The molecule has 0 unspecified atom stereocenters. The number of fused-ring (bicyclic) bond motifs is 1. The van der Waals surface area contributed by atoms with Gasteiger partial charge in [-0.05, 0) is 35.9 Å². The fourth-order valence-corrected chi connectivity index (χ4v) is 3.96. The molecule has 0 spiro atoms. The van der Waals surface area contributed by atoms with Gasteiger partial charge < -0.3 is 20.1 Å². The molecule has 0 aliphatic carbocycles. The van der Waals surface area contributed by atoms with Gasteiger partial charge in [-0.15, -0.1) is 0 Å². The van der Waals surface area contributed by atoms with E-state index >= 15 is 0 Å². The summed E-state index contributed by atoms with van der Waals surface area (Å²) in [7, 11) is 1.64. The predicted molar refractivity (Wildman–Crippen MR) is 122 cm³/mol. The van der Waals surface area contributed by atoms with Crippen LogP contribution in [0.2, 0.25) is 0 Å². The van der Waals surface area contributed by atoms with Crippen molar-refractivity contribution in [2.45, 2.75) is 0 Å². The molecular weight excluding hydrogens is 406 g/mol. The molecule has 0 saturated carbocycles. The van der Waals surface area contributed by atoms with E-state index in [9.17, 15) is 4.79 Å². The number of hydrogen-bond donors (Lipinski definition) is 2. The maximum absolute atomic E-state index is 13.0. The fourth-order valence-electron chi connectivity index (χ4n) is 3.96. The molecular formula is C24H23N5O3. The average Bonchev–Trinajstić information content (AvgIpc) is 3.27. The number of H-pyrrole nitrogens is 1. The van der Waals surface area contributed by atoms with Crippen molar-refractivity contribution in [2.24, 2.45) is 0 Å². The number of aromatic nitrogens is 3. The molecule has 1 saturated heterocycles. The van der Waals surface area contributed by atoms with Crippen LogP contribution in [0.15, 0.2) is 54.7 Å². The Balaban J connectivity index is 1.56. The van der Waals surface area contributed by atoms with Crippen LogP contribution in [-0.2, 0) is 4.74 Å². The quantitative estimate of drug-likeness (QED) is 0.482. The Morgan fingerprint density at radius 1 is 1.12 bits per heavy atom. The molecule has 0 bridgehead atoms. The maximum Gasteiger partial charge on any atom is 0.256 e. The molecule has 0 atom stereocenters. The molecule has 32 heavy (non-hydrogen) atoms. The molecule has 3 N–H and O–H groups in total. The van der Waals surface area contributed by atoms with Gasteiger partial charge in [0.1, 0.15) is 11.4 Å². The lowest BCUT2D eigenvalue weighted by atomic mass is 10.0. The molecule has 162 valence electrons. The summed E-state index contributed by atoms with van der Waals surface area (Å²) in [4.78, 5) is 19.3. The zero-order valence-corrected chi connectivity index (χ0v) is 17.7. The number of amides is 1. The van der Waals surface area contributed by atoms with Crippen molar-refractivity contribution in [3.05, 3.63) is 60.3 Å². The number of benzene rings is 2. The van der Waals surface area contributed by atoms with Crippen LogP contribution in [0.5, 0.6) is 5.75 Å². The van der Waals surface area contributed by atoms with E-state index in [0.29, 0.717) is 43.2 Å². The third-order valence-corrected chi connectivity index (χ3v) is 5.69. The number of nitrogen functional groups attached to an aromatic ring is 1. The van der Waals surface area contributed by atoms with Crippen LogP contribution < -0.4 is 10.5 Å². The van der Waals surface area contributed by atoms with Gasteiger partial charge in [0, 0.05) is 41.5 Å². The smallest absolute Gasteiger partial charge is 0.256 e. The van der Waals surface area contributed by atoms with Crippen molar-refractivity contribution in [3.63, 3.8) is 0 Å². The molecule has 3 heterocycles. The van der Waals surface area contributed by atoms with E-state index < -0.39 is 0 Å². The number of carbonyl (C=O) groups is 1. The zero-order valence-electron chi connectivity index (χ0n) is 17.7. The maximum atomic E-state index is 13.0. The summed E-state index contributed by atoms with van der Waals surface area (Å²) in [6, 6.07) is 15.2. The highest BCUT2D eigenvalue weighted by molar-refractivity contribution is 6.01. The topological polar surface area (TPSA) is 106 Å². The second kappa shape index (κ2) is 8.32. The Bertz CT molecular complexity index is 1290. The predicted octanol–water partition coefficient (Wildman–Crippen LogP) is 3.36. The Morgan fingerprint density at radius 2 is 1.94 bits per heavy atom. The Kier molecular flexibility index (Phi) is 5.20. The molecule has 1 aliphatic rings. The van der Waals surface area contributed by atoms with Crippen LogP contribution >= 0.6 is 0 Å².